The first-order chi connectivity index (χ1) is 8.24. The van der Waals surface area contributed by atoms with Gasteiger partial charge in [0.1, 0.15) is 5.82 Å². The summed E-state index contributed by atoms with van der Waals surface area (Å²) in [6, 6.07) is 3.81. The number of imidazole rings is 1. The molecule has 17 heavy (non-hydrogen) atoms. The minimum absolute atomic E-state index is 0.424. The van der Waals surface area contributed by atoms with E-state index in [1.54, 1.807) is 14.2 Å². The van der Waals surface area contributed by atoms with Gasteiger partial charge in [-0.1, -0.05) is 0 Å². The fourth-order valence-electron chi connectivity index (χ4n) is 2.01. The molecule has 0 fully saturated rings. The van der Waals surface area contributed by atoms with Crippen molar-refractivity contribution in [2.45, 2.75) is 20.0 Å². The van der Waals surface area contributed by atoms with E-state index in [0.29, 0.717) is 18.0 Å². The Morgan fingerprint density at radius 1 is 1.24 bits per heavy atom. The van der Waals surface area contributed by atoms with Crippen LogP contribution in [0.15, 0.2) is 12.1 Å². The third kappa shape index (κ3) is 1.82. The van der Waals surface area contributed by atoms with Crippen LogP contribution < -0.4 is 15.2 Å². The van der Waals surface area contributed by atoms with Gasteiger partial charge >= 0.3 is 0 Å². The lowest BCUT2D eigenvalue weighted by atomic mass is 10.2. The summed E-state index contributed by atoms with van der Waals surface area (Å²) in [5, 5.41) is 0. The Kier molecular flexibility index (Phi) is 3.19. The molecule has 5 heteroatoms. The summed E-state index contributed by atoms with van der Waals surface area (Å²) in [4.78, 5) is 4.49. The van der Waals surface area contributed by atoms with Gasteiger partial charge in [0.15, 0.2) is 11.5 Å². The van der Waals surface area contributed by atoms with E-state index in [2.05, 4.69) is 16.5 Å². The molecular weight excluding hydrogens is 218 g/mol. The largest absolute Gasteiger partial charge is 0.493 e. The number of hydrogen-bond donors (Lipinski definition) is 1. The van der Waals surface area contributed by atoms with Gasteiger partial charge in [-0.2, -0.15) is 0 Å². The average Bonchev–Trinajstić information content (AvgIpc) is 2.73. The molecular formula is C12H17N3O2. The van der Waals surface area contributed by atoms with Gasteiger partial charge in [0.2, 0.25) is 0 Å². The normalized spacial score (nSPS) is 10.8. The number of hydrogen-bond acceptors (Lipinski definition) is 4. The summed E-state index contributed by atoms with van der Waals surface area (Å²) in [6.45, 7) is 3.32. The molecule has 1 heterocycles. The minimum Gasteiger partial charge on any atom is -0.493 e. The summed E-state index contributed by atoms with van der Waals surface area (Å²) in [5.74, 6) is 2.26. The van der Waals surface area contributed by atoms with Crippen LogP contribution in [0.25, 0.3) is 11.0 Å². The number of benzene rings is 1. The maximum Gasteiger partial charge on any atom is 0.163 e. The van der Waals surface area contributed by atoms with Crippen LogP contribution in [0, 0.1) is 0 Å². The van der Waals surface area contributed by atoms with Crippen LogP contribution in [0.1, 0.15) is 12.7 Å². The Morgan fingerprint density at radius 2 is 1.88 bits per heavy atom. The number of nitrogens with zero attached hydrogens (tertiary/aromatic N) is 2. The third-order valence-corrected chi connectivity index (χ3v) is 2.83. The van der Waals surface area contributed by atoms with E-state index in [0.717, 1.165) is 23.4 Å². The van der Waals surface area contributed by atoms with E-state index < -0.39 is 0 Å². The van der Waals surface area contributed by atoms with Crippen molar-refractivity contribution in [3.63, 3.8) is 0 Å². The zero-order chi connectivity index (χ0) is 12.4. The Balaban J connectivity index is 2.71. The number of nitrogens with two attached hydrogens (primary N) is 1. The highest BCUT2D eigenvalue weighted by Gasteiger charge is 2.13. The number of aryl methyl sites for hydroxylation is 1. The molecule has 0 amide bonds. The van der Waals surface area contributed by atoms with Gasteiger partial charge in [-0.25, -0.2) is 4.98 Å². The number of methoxy groups -OCH3 is 2. The Hall–Kier alpha value is -1.75. The van der Waals surface area contributed by atoms with E-state index in [9.17, 15) is 0 Å². The smallest absolute Gasteiger partial charge is 0.163 e. The highest BCUT2D eigenvalue weighted by Crippen LogP contribution is 2.32. The van der Waals surface area contributed by atoms with Crippen molar-refractivity contribution in [3.8, 4) is 11.5 Å². The lowest BCUT2D eigenvalue weighted by Crippen LogP contribution is -2.06. The SMILES string of the molecule is CCn1c(CN)nc2cc(OC)c(OC)cc21. The van der Waals surface area contributed by atoms with Gasteiger partial charge in [-0.15, -0.1) is 0 Å². The first kappa shape index (κ1) is 11.7. The molecule has 0 unspecified atom stereocenters. The Labute approximate surface area is 100 Å². The van der Waals surface area contributed by atoms with Crippen LogP contribution in [0.5, 0.6) is 11.5 Å². The van der Waals surface area contributed by atoms with E-state index in [-0.39, 0.29) is 0 Å². The van der Waals surface area contributed by atoms with Crippen LogP contribution in [0.3, 0.4) is 0 Å². The molecule has 0 radical (unpaired) electrons. The lowest BCUT2D eigenvalue weighted by molar-refractivity contribution is 0.355. The van der Waals surface area contributed by atoms with Crippen molar-refractivity contribution < 1.29 is 9.47 Å². The number of fused-ring (bicyclic) bond motifs is 1. The van der Waals surface area contributed by atoms with Crippen molar-refractivity contribution in [3.05, 3.63) is 18.0 Å². The van der Waals surface area contributed by atoms with Gasteiger partial charge in [-0.3, -0.25) is 0 Å². The molecule has 2 N–H and O–H groups in total. The first-order valence-electron chi connectivity index (χ1n) is 5.56. The number of aromatic nitrogens is 2. The molecule has 2 rings (SSSR count). The van der Waals surface area contributed by atoms with Crippen LogP contribution in [-0.4, -0.2) is 23.8 Å². The maximum atomic E-state index is 5.69. The van der Waals surface area contributed by atoms with Crippen molar-refractivity contribution >= 4 is 11.0 Å². The summed E-state index contributed by atoms with van der Waals surface area (Å²) < 4.78 is 12.6. The molecule has 1 aromatic carbocycles. The van der Waals surface area contributed by atoms with Crippen LogP contribution in [0.2, 0.25) is 0 Å². The van der Waals surface area contributed by atoms with Gasteiger partial charge in [0, 0.05) is 18.7 Å². The van der Waals surface area contributed by atoms with Gasteiger partial charge < -0.3 is 19.8 Å². The standard InChI is InChI=1S/C12H17N3O2/c1-4-15-9-6-11(17-3)10(16-2)5-8(9)14-12(15)7-13/h5-6H,4,7,13H2,1-3H3. The van der Waals surface area contributed by atoms with Crippen molar-refractivity contribution in [1.29, 1.82) is 0 Å². The zero-order valence-electron chi connectivity index (χ0n) is 10.4. The fourth-order valence-corrected chi connectivity index (χ4v) is 2.01. The van der Waals surface area contributed by atoms with E-state index in [1.807, 2.05) is 12.1 Å². The predicted octanol–water partition coefficient (Wildman–Crippen LogP) is 1.53. The highest BCUT2D eigenvalue weighted by atomic mass is 16.5. The quantitative estimate of drug-likeness (QED) is 0.873. The predicted molar refractivity (Wildman–Crippen MR) is 66.4 cm³/mol. The second kappa shape index (κ2) is 4.63. The zero-order valence-corrected chi connectivity index (χ0v) is 10.4. The third-order valence-electron chi connectivity index (χ3n) is 2.83. The summed E-state index contributed by atoms with van der Waals surface area (Å²) in [6.07, 6.45) is 0. The van der Waals surface area contributed by atoms with Crippen molar-refractivity contribution in [1.82, 2.24) is 9.55 Å². The van der Waals surface area contributed by atoms with Crippen LogP contribution >= 0.6 is 0 Å². The summed E-state index contributed by atoms with van der Waals surface area (Å²) >= 11 is 0. The fraction of sp³-hybridized carbons (Fsp3) is 0.417. The average molecular weight is 235 g/mol. The summed E-state index contributed by atoms with van der Waals surface area (Å²) in [5.41, 5.74) is 7.58. The highest BCUT2D eigenvalue weighted by molar-refractivity contribution is 5.80. The number of ether oxygens (including phenoxy) is 2. The molecule has 0 atom stereocenters. The maximum absolute atomic E-state index is 5.69. The summed E-state index contributed by atoms with van der Waals surface area (Å²) in [7, 11) is 3.24. The molecule has 0 saturated heterocycles. The molecule has 0 bridgehead atoms. The van der Waals surface area contributed by atoms with Crippen LogP contribution in [0.4, 0.5) is 0 Å². The Bertz CT molecular complexity index is 532. The molecule has 0 aliphatic carbocycles. The monoisotopic (exact) mass is 235 g/mol. The molecule has 0 spiro atoms. The van der Waals surface area contributed by atoms with Crippen molar-refractivity contribution in [2.24, 2.45) is 5.73 Å². The van der Waals surface area contributed by atoms with E-state index in [1.165, 1.54) is 0 Å². The van der Waals surface area contributed by atoms with E-state index in [4.69, 9.17) is 15.2 Å². The van der Waals surface area contributed by atoms with Crippen LogP contribution in [-0.2, 0) is 13.1 Å². The first-order valence-corrected chi connectivity index (χ1v) is 5.56. The van der Waals surface area contributed by atoms with Gasteiger partial charge in [-0.05, 0) is 6.92 Å². The van der Waals surface area contributed by atoms with E-state index >= 15 is 0 Å². The topological polar surface area (TPSA) is 62.3 Å². The molecule has 1 aromatic heterocycles. The molecule has 0 saturated carbocycles. The number of rotatable bonds is 4. The molecule has 0 aliphatic heterocycles. The Morgan fingerprint density at radius 3 is 2.41 bits per heavy atom. The minimum atomic E-state index is 0.424. The molecule has 2 aromatic rings. The second-order valence-corrected chi connectivity index (χ2v) is 3.67. The van der Waals surface area contributed by atoms with Crippen molar-refractivity contribution in [2.75, 3.05) is 14.2 Å². The molecule has 92 valence electrons. The molecule has 5 nitrogen and oxygen atoms in total. The second-order valence-electron chi connectivity index (χ2n) is 3.67. The van der Waals surface area contributed by atoms with Gasteiger partial charge in [0.25, 0.3) is 0 Å². The lowest BCUT2D eigenvalue weighted by Gasteiger charge is -2.08. The van der Waals surface area contributed by atoms with Gasteiger partial charge in [0.05, 0.1) is 31.8 Å². The molecule has 0 aliphatic rings.